The molecule has 14 heavy (non-hydrogen) atoms. The molecule has 5 heteroatoms. The van der Waals surface area contributed by atoms with Gasteiger partial charge in [-0.05, 0) is 6.92 Å². The molecule has 0 aliphatic rings. The summed E-state index contributed by atoms with van der Waals surface area (Å²) in [7, 11) is 1.50. The summed E-state index contributed by atoms with van der Waals surface area (Å²) in [5, 5.41) is 0. The minimum atomic E-state index is -0.310. The minimum Gasteiger partial charge on any atom is -0.480 e. The Bertz CT molecular complexity index is 315. The molecule has 0 aliphatic heterocycles. The molecule has 0 fully saturated rings. The Morgan fingerprint density at radius 2 is 2.29 bits per heavy atom. The van der Waals surface area contributed by atoms with Gasteiger partial charge in [0.25, 0.3) is 0 Å². The molecule has 0 saturated carbocycles. The Balaban J connectivity index is 2.62. The van der Waals surface area contributed by atoms with Crippen LogP contribution in [-0.4, -0.2) is 29.7 Å². The third-order valence-corrected chi connectivity index (χ3v) is 1.50. The SMILES string of the molecule is CCOC(=O)Cc1cncc(OC)n1. The summed E-state index contributed by atoms with van der Waals surface area (Å²) in [5.74, 6) is 0.0850. The van der Waals surface area contributed by atoms with Crippen LogP contribution in [0.5, 0.6) is 5.88 Å². The smallest absolute Gasteiger partial charge is 0.311 e. The van der Waals surface area contributed by atoms with E-state index in [1.165, 1.54) is 19.5 Å². The number of nitrogens with zero attached hydrogens (tertiary/aromatic N) is 2. The van der Waals surface area contributed by atoms with Crippen molar-refractivity contribution in [1.82, 2.24) is 9.97 Å². The summed E-state index contributed by atoms with van der Waals surface area (Å²) in [6, 6.07) is 0. The van der Waals surface area contributed by atoms with Gasteiger partial charge in [0.2, 0.25) is 5.88 Å². The fourth-order valence-corrected chi connectivity index (χ4v) is 0.930. The zero-order valence-electron chi connectivity index (χ0n) is 8.19. The Morgan fingerprint density at radius 1 is 1.50 bits per heavy atom. The second kappa shape index (κ2) is 5.16. The molecule has 0 unspecified atom stereocenters. The number of hydrogen-bond donors (Lipinski definition) is 0. The third kappa shape index (κ3) is 3.01. The largest absolute Gasteiger partial charge is 0.480 e. The standard InChI is InChI=1S/C9H12N2O3/c1-3-14-9(12)4-7-5-10-6-8(11-7)13-2/h5-6H,3-4H2,1-2H3. The first kappa shape index (κ1) is 10.4. The van der Waals surface area contributed by atoms with Crippen LogP contribution in [0.15, 0.2) is 12.4 Å². The van der Waals surface area contributed by atoms with Crippen molar-refractivity contribution in [2.45, 2.75) is 13.3 Å². The topological polar surface area (TPSA) is 61.3 Å². The van der Waals surface area contributed by atoms with Gasteiger partial charge in [-0.1, -0.05) is 0 Å². The van der Waals surface area contributed by atoms with E-state index in [1.807, 2.05) is 0 Å². The van der Waals surface area contributed by atoms with E-state index in [9.17, 15) is 4.79 Å². The predicted molar refractivity (Wildman–Crippen MR) is 48.9 cm³/mol. The molecule has 0 saturated heterocycles. The first-order valence-corrected chi connectivity index (χ1v) is 4.26. The van der Waals surface area contributed by atoms with E-state index >= 15 is 0 Å². The number of carbonyl (C=O) groups excluding carboxylic acids is 1. The summed E-state index contributed by atoms with van der Waals surface area (Å²) in [6.45, 7) is 2.13. The highest BCUT2D eigenvalue weighted by Crippen LogP contribution is 2.04. The van der Waals surface area contributed by atoms with E-state index in [-0.39, 0.29) is 12.4 Å². The quantitative estimate of drug-likeness (QED) is 0.659. The van der Waals surface area contributed by atoms with Crippen molar-refractivity contribution in [3.8, 4) is 5.88 Å². The predicted octanol–water partition coefficient (Wildman–Crippen LogP) is 0.591. The Kier molecular flexibility index (Phi) is 3.84. The van der Waals surface area contributed by atoms with Crippen LogP contribution in [0.4, 0.5) is 0 Å². The number of aromatic nitrogens is 2. The lowest BCUT2D eigenvalue weighted by atomic mass is 10.3. The number of methoxy groups -OCH3 is 1. The van der Waals surface area contributed by atoms with Crippen LogP contribution in [0.3, 0.4) is 0 Å². The van der Waals surface area contributed by atoms with Gasteiger partial charge in [-0.2, -0.15) is 0 Å². The van der Waals surface area contributed by atoms with Crippen molar-refractivity contribution in [3.05, 3.63) is 18.1 Å². The molecule has 0 amide bonds. The van der Waals surface area contributed by atoms with Crippen LogP contribution >= 0.6 is 0 Å². The second-order valence-electron chi connectivity index (χ2n) is 2.53. The summed E-state index contributed by atoms with van der Waals surface area (Å²) in [4.78, 5) is 19.0. The van der Waals surface area contributed by atoms with E-state index in [0.717, 1.165) is 0 Å². The van der Waals surface area contributed by atoms with Crippen LogP contribution < -0.4 is 4.74 Å². The molecule has 0 bridgehead atoms. The highest BCUT2D eigenvalue weighted by molar-refractivity contribution is 5.71. The number of ether oxygens (including phenoxy) is 2. The first-order chi connectivity index (χ1) is 6.76. The highest BCUT2D eigenvalue weighted by atomic mass is 16.5. The molecule has 1 aromatic heterocycles. The lowest BCUT2D eigenvalue weighted by molar-refractivity contribution is -0.142. The van der Waals surface area contributed by atoms with Gasteiger partial charge in [0.15, 0.2) is 0 Å². The van der Waals surface area contributed by atoms with E-state index in [2.05, 4.69) is 9.97 Å². The summed E-state index contributed by atoms with van der Waals surface area (Å²) in [5.41, 5.74) is 0.544. The Morgan fingerprint density at radius 3 is 2.93 bits per heavy atom. The van der Waals surface area contributed by atoms with Gasteiger partial charge >= 0.3 is 5.97 Å². The fourth-order valence-electron chi connectivity index (χ4n) is 0.930. The number of esters is 1. The Labute approximate surface area is 82.1 Å². The van der Waals surface area contributed by atoms with Crippen LogP contribution in [0, 0.1) is 0 Å². The Hall–Kier alpha value is -1.65. The van der Waals surface area contributed by atoms with Gasteiger partial charge in [0, 0.05) is 6.20 Å². The fraction of sp³-hybridized carbons (Fsp3) is 0.444. The molecule has 1 aromatic rings. The zero-order valence-corrected chi connectivity index (χ0v) is 8.19. The number of carbonyl (C=O) groups is 1. The summed E-state index contributed by atoms with van der Waals surface area (Å²) < 4.78 is 9.64. The van der Waals surface area contributed by atoms with Gasteiger partial charge in [0.05, 0.1) is 32.0 Å². The number of rotatable bonds is 4. The molecule has 0 spiro atoms. The van der Waals surface area contributed by atoms with E-state index in [0.29, 0.717) is 18.2 Å². The molecular formula is C9H12N2O3. The maximum absolute atomic E-state index is 11.1. The highest BCUT2D eigenvalue weighted by Gasteiger charge is 2.06. The number of hydrogen-bond acceptors (Lipinski definition) is 5. The van der Waals surface area contributed by atoms with Crippen molar-refractivity contribution in [2.75, 3.05) is 13.7 Å². The minimum absolute atomic E-state index is 0.123. The molecule has 0 aromatic carbocycles. The molecule has 5 nitrogen and oxygen atoms in total. The van der Waals surface area contributed by atoms with Crippen LogP contribution in [0.1, 0.15) is 12.6 Å². The van der Waals surface area contributed by atoms with Crippen LogP contribution in [0.25, 0.3) is 0 Å². The van der Waals surface area contributed by atoms with Gasteiger partial charge in [-0.15, -0.1) is 0 Å². The maximum atomic E-state index is 11.1. The molecular weight excluding hydrogens is 184 g/mol. The lowest BCUT2D eigenvalue weighted by Crippen LogP contribution is -2.09. The van der Waals surface area contributed by atoms with Crippen molar-refractivity contribution in [1.29, 1.82) is 0 Å². The summed E-state index contributed by atoms with van der Waals surface area (Å²) in [6.07, 6.45) is 3.12. The van der Waals surface area contributed by atoms with Crippen LogP contribution in [-0.2, 0) is 16.0 Å². The summed E-state index contributed by atoms with van der Waals surface area (Å²) >= 11 is 0. The van der Waals surface area contributed by atoms with Crippen molar-refractivity contribution < 1.29 is 14.3 Å². The average molecular weight is 196 g/mol. The van der Waals surface area contributed by atoms with Crippen molar-refractivity contribution in [3.63, 3.8) is 0 Å². The van der Waals surface area contributed by atoms with E-state index in [4.69, 9.17) is 9.47 Å². The molecule has 0 atom stereocenters. The third-order valence-electron chi connectivity index (χ3n) is 1.50. The normalized spacial score (nSPS) is 9.57. The van der Waals surface area contributed by atoms with Gasteiger partial charge in [-0.25, -0.2) is 4.98 Å². The van der Waals surface area contributed by atoms with Gasteiger partial charge in [0.1, 0.15) is 0 Å². The van der Waals surface area contributed by atoms with Gasteiger partial charge < -0.3 is 9.47 Å². The van der Waals surface area contributed by atoms with E-state index in [1.54, 1.807) is 6.92 Å². The van der Waals surface area contributed by atoms with Crippen LogP contribution in [0.2, 0.25) is 0 Å². The first-order valence-electron chi connectivity index (χ1n) is 4.26. The van der Waals surface area contributed by atoms with Crippen molar-refractivity contribution in [2.24, 2.45) is 0 Å². The molecule has 0 radical (unpaired) electrons. The van der Waals surface area contributed by atoms with E-state index < -0.39 is 0 Å². The molecule has 76 valence electrons. The average Bonchev–Trinajstić information content (AvgIpc) is 2.18. The molecule has 1 rings (SSSR count). The maximum Gasteiger partial charge on any atom is 0.311 e. The molecule has 0 aliphatic carbocycles. The molecule has 0 N–H and O–H groups in total. The zero-order chi connectivity index (χ0) is 10.4. The lowest BCUT2D eigenvalue weighted by Gasteiger charge is -2.02. The second-order valence-corrected chi connectivity index (χ2v) is 2.53. The van der Waals surface area contributed by atoms with Crippen molar-refractivity contribution >= 4 is 5.97 Å². The van der Waals surface area contributed by atoms with Gasteiger partial charge in [-0.3, -0.25) is 9.78 Å². The monoisotopic (exact) mass is 196 g/mol. The molecule has 1 heterocycles.